The van der Waals surface area contributed by atoms with Crippen LogP contribution in [0.15, 0.2) is 30.6 Å². The fourth-order valence-electron chi connectivity index (χ4n) is 3.20. The van der Waals surface area contributed by atoms with Crippen molar-refractivity contribution in [1.82, 2.24) is 14.8 Å². The Kier molecular flexibility index (Phi) is 4.93. The molecule has 2 aromatic rings. The van der Waals surface area contributed by atoms with E-state index < -0.39 is 0 Å². The fraction of sp³-hybridized carbons (Fsp3) is 0.350. The summed E-state index contributed by atoms with van der Waals surface area (Å²) >= 11 is 0. The standard InChI is InChI=1S/C20H24N4O2/c1-13-5-6-14(2)18(9-13)22-19(25)17-11-21-10-15-12-24(8-7-16(15)17)20(26)23(3)4/h5-6,9-11H,7-8,12H2,1-4H3,(H,22,25). The van der Waals surface area contributed by atoms with Crippen LogP contribution in [0.25, 0.3) is 0 Å². The van der Waals surface area contributed by atoms with Gasteiger partial charge in [0, 0.05) is 45.3 Å². The molecule has 0 radical (unpaired) electrons. The molecule has 0 atom stereocenters. The molecular formula is C20H24N4O2. The molecule has 0 spiro atoms. The van der Waals surface area contributed by atoms with E-state index in [2.05, 4.69) is 10.3 Å². The Morgan fingerprint density at radius 2 is 1.96 bits per heavy atom. The van der Waals surface area contributed by atoms with E-state index in [0.29, 0.717) is 25.1 Å². The van der Waals surface area contributed by atoms with Gasteiger partial charge in [-0.2, -0.15) is 0 Å². The van der Waals surface area contributed by atoms with Gasteiger partial charge in [-0.05, 0) is 48.6 Å². The minimum Gasteiger partial charge on any atom is -0.331 e. The fourth-order valence-corrected chi connectivity index (χ4v) is 3.20. The zero-order chi connectivity index (χ0) is 18.8. The minimum atomic E-state index is -0.157. The molecule has 6 nitrogen and oxygen atoms in total. The normalized spacial score (nSPS) is 13.2. The van der Waals surface area contributed by atoms with Crippen molar-refractivity contribution in [3.05, 3.63) is 58.4 Å². The second-order valence-electron chi connectivity index (χ2n) is 6.95. The van der Waals surface area contributed by atoms with Gasteiger partial charge in [-0.15, -0.1) is 0 Å². The summed E-state index contributed by atoms with van der Waals surface area (Å²) < 4.78 is 0. The maximum absolute atomic E-state index is 12.8. The summed E-state index contributed by atoms with van der Waals surface area (Å²) in [4.78, 5) is 32.6. The van der Waals surface area contributed by atoms with Crippen LogP contribution in [0.5, 0.6) is 0 Å². The monoisotopic (exact) mass is 352 g/mol. The number of carbonyl (C=O) groups excluding carboxylic acids is 2. The molecule has 3 amide bonds. The molecule has 1 aromatic heterocycles. The predicted octanol–water partition coefficient (Wildman–Crippen LogP) is 2.99. The highest BCUT2D eigenvalue weighted by Crippen LogP contribution is 2.24. The van der Waals surface area contributed by atoms with Crippen molar-refractivity contribution in [3.8, 4) is 0 Å². The van der Waals surface area contributed by atoms with Gasteiger partial charge in [0.15, 0.2) is 0 Å². The quantitative estimate of drug-likeness (QED) is 0.904. The topological polar surface area (TPSA) is 65.5 Å². The maximum atomic E-state index is 12.8. The van der Waals surface area contributed by atoms with Crippen LogP contribution in [-0.2, 0) is 13.0 Å². The van der Waals surface area contributed by atoms with E-state index in [-0.39, 0.29) is 11.9 Å². The molecule has 1 aliphatic rings. The summed E-state index contributed by atoms with van der Waals surface area (Å²) in [5.41, 5.74) is 5.42. The molecule has 0 saturated carbocycles. The zero-order valence-electron chi connectivity index (χ0n) is 15.7. The molecule has 0 aliphatic carbocycles. The van der Waals surface area contributed by atoms with E-state index >= 15 is 0 Å². The van der Waals surface area contributed by atoms with Crippen molar-refractivity contribution in [2.24, 2.45) is 0 Å². The lowest BCUT2D eigenvalue weighted by Gasteiger charge is -2.31. The number of aromatic nitrogens is 1. The first-order valence-electron chi connectivity index (χ1n) is 8.67. The smallest absolute Gasteiger partial charge is 0.319 e. The minimum absolute atomic E-state index is 0.0270. The molecule has 0 saturated heterocycles. The highest BCUT2D eigenvalue weighted by Gasteiger charge is 2.25. The number of amides is 3. The summed E-state index contributed by atoms with van der Waals surface area (Å²) in [7, 11) is 3.48. The van der Waals surface area contributed by atoms with E-state index in [0.717, 1.165) is 27.9 Å². The van der Waals surface area contributed by atoms with E-state index in [4.69, 9.17) is 0 Å². The molecular weight excluding hydrogens is 328 g/mol. The molecule has 1 aliphatic heterocycles. The Labute approximate surface area is 153 Å². The van der Waals surface area contributed by atoms with Crippen LogP contribution in [0.3, 0.4) is 0 Å². The third-order valence-electron chi connectivity index (χ3n) is 4.68. The molecule has 26 heavy (non-hydrogen) atoms. The van der Waals surface area contributed by atoms with Gasteiger partial charge in [0.05, 0.1) is 5.56 Å². The average Bonchev–Trinajstić information content (AvgIpc) is 2.62. The Morgan fingerprint density at radius 3 is 2.69 bits per heavy atom. The van der Waals surface area contributed by atoms with Crippen molar-refractivity contribution >= 4 is 17.6 Å². The number of rotatable bonds is 2. The molecule has 2 heterocycles. The molecule has 1 N–H and O–H groups in total. The first kappa shape index (κ1) is 17.9. The number of nitrogens with one attached hydrogen (secondary N) is 1. The van der Waals surface area contributed by atoms with E-state index in [1.165, 1.54) is 0 Å². The number of fused-ring (bicyclic) bond motifs is 1. The van der Waals surface area contributed by atoms with E-state index in [1.807, 2.05) is 32.0 Å². The van der Waals surface area contributed by atoms with Gasteiger partial charge in [-0.1, -0.05) is 12.1 Å². The molecule has 3 rings (SSSR count). The van der Waals surface area contributed by atoms with Crippen LogP contribution in [0.2, 0.25) is 0 Å². The first-order chi connectivity index (χ1) is 12.4. The maximum Gasteiger partial charge on any atom is 0.319 e. The van der Waals surface area contributed by atoms with Crippen LogP contribution in [0, 0.1) is 13.8 Å². The van der Waals surface area contributed by atoms with Crippen LogP contribution in [0.1, 0.15) is 32.6 Å². The molecule has 0 unspecified atom stereocenters. The van der Waals surface area contributed by atoms with Gasteiger partial charge >= 0.3 is 6.03 Å². The number of benzene rings is 1. The number of carbonyl (C=O) groups is 2. The Morgan fingerprint density at radius 1 is 1.19 bits per heavy atom. The second-order valence-corrected chi connectivity index (χ2v) is 6.95. The number of hydrogen-bond donors (Lipinski definition) is 1. The third kappa shape index (κ3) is 3.54. The second kappa shape index (κ2) is 7.15. The number of hydrogen-bond acceptors (Lipinski definition) is 3. The van der Waals surface area contributed by atoms with Crippen molar-refractivity contribution in [1.29, 1.82) is 0 Å². The summed E-state index contributed by atoms with van der Waals surface area (Å²) in [5.74, 6) is -0.157. The summed E-state index contributed by atoms with van der Waals surface area (Å²) in [6.07, 6.45) is 4.01. The van der Waals surface area contributed by atoms with Crippen molar-refractivity contribution < 1.29 is 9.59 Å². The van der Waals surface area contributed by atoms with Gasteiger partial charge in [-0.3, -0.25) is 9.78 Å². The average molecular weight is 352 g/mol. The van der Waals surface area contributed by atoms with Crippen molar-refractivity contribution in [2.75, 3.05) is 26.0 Å². The van der Waals surface area contributed by atoms with E-state index in [1.54, 1.807) is 36.3 Å². The molecule has 0 fully saturated rings. The lowest BCUT2D eigenvalue weighted by Crippen LogP contribution is -2.42. The Balaban J connectivity index is 1.84. The predicted molar refractivity (Wildman–Crippen MR) is 101 cm³/mol. The van der Waals surface area contributed by atoms with Crippen molar-refractivity contribution in [2.45, 2.75) is 26.8 Å². The van der Waals surface area contributed by atoms with Gasteiger partial charge in [0.25, 0.3) is 5.91 Å². The zero-order valence-corrected chi connectivity index (χ0v) is 15.7. The SMILES string of the molecule is Cc1ccc(C)c(NC(=O)c2cncc3c2CCN(C(=O)N(C)C)C3)c1. The van der Waals surface area contributed by atoms with Crippen LogP contribution >= 0.6 is 0 Å². The van der Waals surface area contributed by atoms with Gasteiger partial charge in [0.1, 0.15) is 0 Å². The number of urea groups is 1. The van der Waals surface area contributed by atoms with Gasteiger partial charge in [-0.25, -0.2) is 4.79 Å². The number of aryl methyl sites for hydroxylation is 2. The Hall–Kier alpha value is -2.89. The number of pyridine rings is 1. The molecule has 136 valence electrons. The summed E-state index contributed by atoms with van der Waals surface area (Å²) in [6, 6.07) is 5.95. The van der Waals surface area contributed by atoms with Crippen molar-refractivity contribution in [3.63, 3.8) is 0 Å². The number of nitrogens with zero attached hydrogens (tertiary/aromatic N) is 3. The molecule has 6 heteroatoms. The van der Waals surface area contributed by atoms with Crippen LogP contribution < -0.4 is 5.32 Å². The Bertz CT molecular complexity index is 861. The van der Waals surface area contributed by atoms with E-state index in [9.17, 15) is 9.59 Å². The summed E-state index contributed by atoms with van der Waals surface area (Å²) in [6.45, 7) is 5.04. The molecule has 0 bridgehead atoms. The van der Waals surface area contributed by atoms with Crippen LogP contribution in [0.4, 0.5) is 10.5 Å². The number of anilines is 1. The third-order valence-corrected chi connectivity index (χ3v) is 4.68. The molecule has 1 aromatic carbocycles. The summed E-state index contributed by atoms with van der Waals surface area (Å²) in [5, 5.41) is 3.00. The lowest BCUT2D eigenvalue weighted by atomic mass is 9.96. The first-order valence-corrected chi connectivity index (χ1v) is 8.67. The lowest BCUT2D eigenvalue weighted by molar-refractivity contribution is 0.102. The highest BCUT2D eigenvalue weighted by molar-refractivity contribution is 6.05. The highest BCUT2D eigenvalue weighted by atomic mass is 16.2. The largest absolute Gasteiger partial charge is 0.331 e. The van der Waals surface area contributed by atoms with Crippen LogP contribution in [-0.4, -0.2) is 47.4 Å². The van der Waals surface area contributed by atoms with Gasteiger partial charge in [0.2, 0.25) is 0 Å². The van der Waals surface area contributed by atoms with Gasteiger partial charge < -0.3 is 15.1 Å².